The Labute approximate surface area is 173 Å². The lowest BCUT2D eigenvalue weighted by molar-refractivity contribution is -0.126. The molecule has 0 spiro atoms. The lowest BCUT2D eigenvalue weighted by atomic mass is 10.0. The van der Waals surface area contributed by atoms with Crippen molar-refractivity contribution in [2.45, 2.75) is 20.8 Å². The molecule has 5 nitrogen and oxygen atoms in total. The van der Waals surface area contributed by atoms with Crippen molar-refractivity contribution in [2.75, 3.05) is 45.3 Å². The molecule has 0 saturated carbocycles. The zero-order valence-corrected chi connectivity index (χ0v) is 18.0. The quantitative estimate of drug-likeness (QED) is 0.717. The average molecular weight is 395 g/mol. The van der Waals surface area contributed by atoms with Crippen molar-refractivity contribution in [1.82, 2.24) is 4.90 Å². The maximum Gasteiger partial charge on any atom is 0.246 e. The van der Waals surface area contributed by atoms with Gasteiger partial charge in [0.25, 0.3) is 0 Å². The Balaban J connectivity index is 1.68. The van der Waals surface area contributed by atoms with E-state index in [1.54, 1.807) is 20.3 Å². The van der Waals surface area contributed by atoms with Crippen LogP contribution < -0.4 is 14.4 Å². The molecule has 1 saturated heterocycles. The van der Waals surface area contributed by atoms with E-state index in [0.29, 0.717) is 5.75 Å². The minimum absolute atomic E-state index is 0.0426. The molecule has 5 heteroatoms. The summed E-state index contributed by atoms with van der Waals surface area (Å²) in [6.45, 7) is 9.36. The molecule has 0 aromatic heterocycles. The summed E-state index contributed by atoms with van der Waals surface area (Å²) in [5, 5.41) is 0. The molecule has 1 amide bonds. The van der Waals surface area contributed by atoms with Gasteiger partial charge in [0.05, 0.1) is 14.2 Å². The Hall–Kier alpha value is -2.95. The highest BCUT2D eigenvalue weighted by Crippen LogP contribution is 2.30. The van der Waals surface area contributed by atoms with Crippen LogP contribution in [0.3, 0.4) is 0 Å². The van der Waals surface area contributed by atoms with Crippen LogP contribution >= 0.6 is 0 Å². The summed E-state index contributed by atoms with van der Waals surface area (Å²) < 4.78 is 10.7. The second kappa shape index (κ2) is 9.03. The van der Waals surface area contributed by atoms with Crippen LogP contribution in [-0.4, -0.2) is 51.2 Å². The minimum atomic E-state index is 0.0426. The number of anilines is 1. The molecular weight excluding hydrogens is 364 g/mol. The van der Waals surface area contributed by atoms with Gasteiger partial charge in [-0.05, 0) is 55.7 Å². The molecule has 1 heterocycles. The molecule has 2 aromatic rings. The van der Waals surface area contributed by atoms with Gasteiger partial charge in [0.15, 0.2) is 0 Å². The largest absolute Gasteiger partial charge is 0.497 e. The number of benzene rings is 2. The first-order valence-corrected chi connectivity index (χ1v) is 9.95. The summed E-state index contributed by atoms with van der Waals surface area (Å²) in [5.41, 5.74) is 5.66. The zero-order valence-electron chi connectivity index (χ0n) is 18.0. The van der Waals surface area contributed by atoms with Gasteiger partial charge in [0.2, 0.25) is 5.91 Å². The standard InChI is InChI=1S/C24H30N2O3/c1-17-7-6-8-22(19(17)3)25-11-13-26(14-12-25)24(27)15-18(2)21-10-9-20(28-4)16-23(21)29-5/h6-10,15-16H,11-14H2,1-5H3/b18-15+. The molecule has 29 heavy (non-hydrogen) atoms. The number of nitrogens with zero attached hydrogens (tertiary/aromatic N) is 2. The van der Waals surface area contributed by atoms with Crippen LogP contribution in [0, 0.1) is 13.8 Å². The molecule has 2 aromatic carbocycles. The summed E-state index contributed by atoms with van der Waals surface area (Å²) >= 11 is 0. The van der Waals surface area contributed by atoms with Crippen molar-refractivity contribution in [2.24, 2.45) is 0 Å². The van der Waals surface area contributed by atoms with Gasteiger partial charge in [-0.15, -0.1) is 0 Å². The van der Waals surface area contributed by atoms with Crippen LogP contribution in [0.15, 0.2) is 42.5 Å². The summed E-state index contributed by atoms with van der Waals surface area (Å²) in [6.07, 6.45) is 1.71. The highest BCUT2D eigenvalue weighted by Gasteiger charge is 2.21. The second-order valence-corrected chi connectivity index (χ2v) is 7.42. The van der Waals surface area contributed by atoms with Crippen LogP contribution in [0.25, 0.3) is 5.57 Å². The SMILES string of the molecule is COc1ccc(/C(C)=C/C(=O)N2CCN(c3cccc(C)c3C)CC2)c(OC)c1. The van der Waals surface area contributed by atoms with Gasteiger partial charge in [-0.25, -0.2) is 0 Å². The first kappa shape index (κ1) is 20.8. The molecule has 0 bridgehead atoms. The fraction of sp³-hybridized carbons (Fsp3) is 0.375. The Morgan fingerprint density at radius 2 is 1.72 bits per heavy atom. The predicted molar refractivity (Wildman–Crippen MR) is 118 cm³/mol. The number of piperazine rings is 1. The third kappa shape index (κ3) is 4.56. The smallest absolute Gasteiger partial charge is 0.246 e. The van der Waals surface area contributed by atoms with Crippen LogP contribution in [0.2, 0.25) is 0 Å². The van der Waals surface area contributed by atoms with Gasteiger partial charge in [-0.2, -0.15) is 0 Å². The summed E-state index contributed by atoms with van der Waals surface area (Å²) in [6, 6.07) is 12.0. The molecule has 1 aliphatic heterocycles. The third-order valence-electron chi connectivity index (χ3n) is 5.68. The van der Waals surface area contributed by atoms with Crippen molar-refractivity contribution >= 4 is 17.2 Å². The minimum Gasteiger partial charge on any atom is -0.497 e. The molecule has 0 radical (unpaired) electrons. The monoisotopic (exact) mass is 394 g/mol. The van der Waals surface area contributed by atoms with Gasteiger partial charge in [-0.1, -0.05) is 12.1 Å². The van der Waals surface area contributed by atoms with Gasteiger partial charge in [0.1, 0.15) is 11.5 Å². The average Bonchev–Trinajstić information content (AvgIpc) is 2.75. The first-order valence-electron chi connectivity index (χ1n) is 9.95. The van der Waals surface area contributed by atoms with E-state index in [1.165, 1.54) is 16.8 Å². The van der Waals surface area contributed by atoms with Crippen molar-refractivity contribution in [3.05, 3.63) is 59.2 Å². The number of ether oxygens (including phenoxy) is 2. The fourth-order valence-corrected chi connectivity index (χ4v) is 3.72. The van der Waals surface area contributed by atoms with E-state index in [4.69, 9.17) is 9.47 Å². The van der Waals surface area contributed by atoms with E-state index in [9.17, 15) is 4.79 Å². The Morgan fingerprint density at radius 1 is 1.00 bits per heavy atom. The summed E-state index contributed by atoms with van der Waals surface area (Å²) in [5.74, 6) is 1.47. The molecule has 0 atom stereocenters. The van der Waals surface area contributed by atoms with E-state index in [-0.39, 0.29) is 5.91 Å². The number of hydrogen-bond acceptors (Lipinski definition) is 4. The highest BCUT2D eigenvalue weighted by atomic mass is 16.5. The number of carbonyl (C=O) groups is 1. The van der Waals surface area contributed by atoms with Gasteiger partial charge in [-0.3, -0.25) is 4.79 Å². The Bertz CT molecular complexity index is 912. The van der Waals surface area contributed by atoms with Gasteiger partial charge < -0.3 is 19.3 Å². The number of rotatable bonds is 5. The summed E-state index contributed by atoms with van der Waals surface area (Å²) in [4.78, 5) is 17.1. The molecule has 0 unspecified atom stereocenters. The maximum atomic E-state index is 12.8. The van der Waals surface area contributed by atoms with Crippen molar-refractivity contribution < 1.29 is 14.3 Å². The van der Waals surface area contributed by atoms with Crippen LogP contribution in [-0.2, 0) is 4.79 Å². The first-order chi connectivity index (χ1) is 13.9. The molecule has 154 valence electrons. The van der Waals surface area contributed by atoms with Crippen molar-refractivity contribution in [3.8, 4) is 11.5 Å². The normalized spacial score (nSPS) is 14.7. The van der Waals surface area contributed by atoms with Crippen LogP contribution in [0.4, 0.5) is 5.69 Å². The molecule has 1 aliphatic rings. The lowest BCUT2D eigenvalue weighted by Crippen LogP contribution is -2.48. The molecule has 0 aliphatic carbocycles. The van der Waals surface area contributed by atoms with Crippen LogP contribution in [0.5, 0.6) is 11.5 Å². The van der Waals surface area contributed by atoms with E-state index in [1.807, 2.05) is 30.0 Å². The molecular formula is C24H30N2O3. The number of allylic oxidation sites excluding steroid dienone is 1. The van der Waals surface area contributed by atoms with E-state index in [2.05, 4.69) is 36.9 Å². The third-order valence-corrected chi connectivity index (χ3v) is 5.68. The number of amides is 1. The van der Waals surface area contributed by atoms with Crippen LogP contribution in [0.1, 0.15) is 23.6 Å². The topological polar surface area (TPSA) is 42.0 Å². The number of carbonyl (C=O) groups excluding carboxylic acids is 1. The van der Waals surface area contributed by atoms with E-state index in [0.717, 1.165) is 43.1 Å². The number of methoxy groups -OCH3 is 2. The van der Waals surface area contributed by atoms with E-state index >= 15 is 0 Å². The Kier molecular flexibility index (Phi) is 6.47. The van der Waals surface area contributed by atoms with Gasteiger partial charge >= 0.3 is 0 Å². The molecule has 1 fully saturated rings. The molecule has 3 rings (SSSR count). The van der Waals surface area contributed by atoms with Crippen molar-refractivity contribution in [1.29, 1.82) is 0 Å². The Morgan fingerprint density at radius 3 is 2.38 bits per heavy atom. The fourth-order valence-electron chi connectivity index (χ4n) is 3.72. The number of aryl methyl sites for hydroxylation is 1. The number of hydrogen-bond donors (Lipinski definition) is 0. The maximum absolute atomic E-state index is 12.8. The van der Waals surface area contributed by atoms with Crippen molar-refractivity contribution in [3.63, 3.8) is 0 Å². The molecule has 0 N–H and O–H groups in total. The lowest BCUT2D eigenvalue weighted by Gasteiger charge is -2.36. The second-order valence-electron chi connectivity index (χ2n) is 7.42. The summed E-state index contributed by atoms with van der Waals surface area (Å²) in [7, 11) is 3.25. The van der Waals surface area contributed by atoms with E-state index < -0.39 is 0 Å². The predicted octanol–water partition coefficient (Wildman–Crippen LogP) is 4.07. The zero-order chi connectivity index (χ0) is 21.0. The van der Waals surface area contributed by atoms with Gasteiger partial charge in [0, 0.05) is 49.6 Å². The highest BCUT2D eigenvalue weighted by molar-refractivity contribution is 5.95.